The van der Waals surface area contributed by atoms with E-state index >= 15 is 0 Å². The highest BCUT2D eigenvalue weighted by atomic mass is 19.1. The molecular formula is C10H13FO2. The van der Waals surface area contributed by atoms with Gasteiger partial charge in [0, 0.05) is 18.1 Å². The number of aliphatic hydroxyl groups is 1. The first-order valence-corrected chi connectivity index (χ1v) is 4.16. The fourth-order valence-electron chi connectivity index (χ4n) is 1.25. The van der Waals surface area contributed by atoms with Crippen LogP contribution in [0.15, 0.2) is 12.1 Å². The number of aliphatic hydroxyl groups excluding tert-OH is 1. The molecule has 0 radical (unpaired) electrons. The standard InChI is InChI=1S/C10H13FO2/c1-6-3-4-8(13)9(10(6)11)7(2)5-12/h3-4,7,12-13H,5H2,1-2H3. The molecule has 3 heteroatoms. The van der Waals surface area contributed by atoms with Crippen LogP contribution in [0.3, 0.4) is 0 Å². The van der Waals surface area contributed by atoms with Crippen LogP contribution in [0.5, 0.6) is 5.75 Å². The molecule has 0 aromatic heterocycles. The number of rotatable bonds is 2. The van der Waals surface area contributed by atoms with E-state index in [1.807, 2.05) is 0 Å². The van der Waals surface area contributed by atoms with Gasteiger partial charge in [-0.2, -0.15) is 0 Å². The maximum Gasteiger partial charge on any atom is 0.133 e. The Bertz CT molecular complexity index is 310. The third kappa shape index (κ3) is 1.80. The fraction of sp³-hybridized carbons (Fsp3) is 0.400. The van der Waals surface area contributed by atoms with Gasteiger partial charge in [-0.1, -0.05) is 13.0 Å². The van der Waals surface area contributed by atoms with Gasteiger partial charge in [-0.3, -0.25) is 0 Å². The van der Waals surface area contributed by atoms with E-state index in [-0.39, 0.29) is 23.8 Å². The molecule has 0 aliphatic carbocycles. The molecule has 1 atom stereocenters. The van der Waals surface area contributed by atoms with Gasteiger partial charge in [-0.15, -0.1) is 0 Å². The summed E-state index contributed by atoms with van der Waals surface area (Å²) in [4.78, 5) is 0. The van der Waals surface area contributed by atoms with Crippen LogP contribution in [0.1, 0.15) is 24.0 Å². The van der Waals surface area contributed by atoms with E-state index in [1.54, 1.807) is 13.8 Å². The number of hydrogen-bond acceptors (Lipinski definition) is 2. The van der Waals surface area contributed by atoms with Crippen molar-refractivity contribution in [1.82, 2.24) is 0 Å². The zero-order valence-electron chi connectivity index (χ0n) is 7.71. The monoisotopic (exact) mass is 184 g/mol. The van der Waals surface area contributed by atoms with Crippen LogP contribution in [-0.2, 0) is 0 Å². The van der Waals surface area contributed by atoms with E-state index in [4.69, 9.17) is 5.11 Å². The maximum atomic E-state index is 13.4. The summed E-state index contributed by atoms with van der Waals surface area (Å²) < 4.78 is 13.4. The summed E-state index contributed by atoms with van der Waals surface area (Å²) in [5.41, 5.74) is 0.676. The predicted octanol–water partition coefficient (Wildman–Crippen LogP) is 1.94. The molecule has 0 aliphatic rings. The highest BCUT2D eigenvalue weighted by molar-refractivity contribution is 5.39. The Labute approximate surface area is 76.6 Å². The van der Waals surface area contributed by atoms with Crippen molar-refractivity contribution in [3.05, 3.63) is 29.1 Å². The van der Waals surface area contributed by atoms with Crippen LogP contribution in [0.25, 0.3) is 0 Å². The molecule has 0 heterocycles. The summed E-state index contributed by atoms with van der Waals surface area (Å²) in [6.07, 6.45) is 0. The van der Waals surface area contributed by atoms with Crippen molar-refractivity contribution in [1.29, 1.82) is 0 Å². The smallest absolute Gasteiger partial charge is 0.133 e. The molecule has 0 amide bonds. The molecule has 0 saturated heterocycles. The number of phenols is 1. The summed E-state index contributed by atoms with van der Waals surface area (Å²) in [6, 6.07) is 2.96. The van der Waals surface area contributed by atoms with Crippen molar-refractivity contribution in [2.45, 2.75) is 19.8 Å². The number of phenolic OH excluding ortho intramolecular Hbond substituents is 1. The van der Waals surface area contributed by atoms with Crippen molar-refractivity contribution in [3.63, 3.8) is 0 Å². The van der Waals surface area contributed by atoms with Gasteiger partial charge in [-0.05, 0) is 18.6 Å². The Morgan fingerprint density at radius 2 is 2.08 bits per heavy atom. The fourth-order valence-corrected chi connectivity index (χ4v) is 1.25. The molecule has 1 aromatic rings. The summed E-state index contributed by atoms with van der Waals surface area (Å²) >= 11 is 0. The quantitative estimate of drug-likeness (QED) is 0.737. The molecule has 13 heavy (non-hydrogen) atoms. The highest BCUT2D eigenvalue weighted by Crippen LogP contribution is 2.29. The average molecular weight is 184 g/mol. The molecule has 0 fully saturated rings. The largest absolute Gasteiger partial charge is 0.508 e. The molecule has 0 saturated carbocycles. The number of aromatic hydroxyl groups is 1. The predicted molar refractivity (Wildman–Crippen MR) is 48.3 cm³/mol. The third-order valence-corrected chi connectivity index (χ3v) is 2.12. The Balaban J connectivity index is 3.25. The topological polar surface area (TPSA) is 40.5 Å². The van der Waals surface area contributed by atoms with Gasteiger partial charge in [0.25, 0.3) is 0 Å². The zero-order chi connectivity index (χ0) is 10.0. The first kappa shape index (κ1) is 9.99. The lowest BCUT2D eigenvalue weighted by Gasteiger charge is -2.12. The van der Waals surface area contributed by atoms with Crippen LogP contribution in [0.2, 0.25) is 0 Å². The van der Waals surface area contributed by atoms with Crippen LogP contribution in [0.4, 0.5) is 4.39 Å². The Morgan fingerprint density at radius 1 is 1.46 bits per heavy atom. The van der Waals surface area contributed by atoms with E-state index in [0.717, 1.165) is 0 Å². The summed E-state index contributed by atoms with van der Waals surface area (Å²) in [5.74, 6) is -0.897. The van der Waals surface area contributed by atoms with Crippen LogP contribution < -0.4 is 0 Å². The molecule has 1 rings (SSSR count). The van der Waals surface area contributed by atoms with Crippen molar-refractivity contribution in [2.75, 3.05) is 6.61 Å². The Kier molecular flexibility index (Phi) is 2.88. The molecule has 0 spiro atoms. The SMILES string of the molecule is Cc1ccc(O)c(C(C)CO)c1F. The van der Waals surface area contributed by atoms with E-state index in [1.165, 1.54) is 12.1 Å². The van der Waals surface area contributed by atoms with Gasteiger partial charge < -0.3 is 10.2 Å². The number of aryl methyl sites for hydroxylation is 1. The van der Waals surface area contributed by atoms with Gasteiger partial charge in [0.2, 0.25) is 0 Å². The minimum absolute atomic E-state index is 0.0929. The van der Waals surface area contributed by atoms with Crippen LogP contribution in [-0.4, -0.2) is 16.8 Å². The molecule has 2 nitrogen and oxygen atoms in total. The van der Waals surface area contributed by atoms with Gasteiger partial charge in [0.15, 0.2) is 0 Å². The van der Waals surface area contributed by atoms with Crippen molar-refractivity contribution >= 4 is 0 Å². The first-order chi connectivity index (χ1) is 6.07. The van der Waals surface area contributed by atoms with E-state index in [0.29, 0.717) is 5.56 Å². The highest BCUT2D eigenvalue weighted by Gasteiger charge is 2.16. The molecular weight excluding hydrogens is 171 g/mol. The second kappa shape index (κ2) is 3.75. The molecule has 0 bridgehead atoms. The molecule has 0 aliphatic heterocycles. The van der Waals surface area contributed by atoms with Gasteiger partial charge in [-0.25, -0.2) is 4.39 Å². The molecule has 2 N–H and O–H groups in total. The second-order valence-electron chi connectivity index (χ2n) is 3.21. The number of halogens is 1. The summed E-state index contributed by atoms with van der Waals surface area (Å²) in [7, 11) is 0. The van der Waals surface area contributed by atoms with E-state index < -0.39 is 5.82 Å². The maximum absolute atomic E-state index is 13.4. The lowest BCUT2D eigenvalue weighted by atomic mass is 9.98. The number of hydrogen-bond donors (Lipinski definition) is 2. The van der Waals surface area contributed by atoms with Crippen molar-refractivity contribution in [3.8, 4) is 5.75 Å². The molecule has 1 unspecified atom stereocenters. The molecule has 72 valence electrons. The summed E-state index contributed by atoms with van der Waals surface area (Å²) in [6.45, 7) is 3.12. The number of benzene rings is 1. The van der Waals surface area contributed by atoms with Crippen LogP contribution >= 0.6 is 0 Å². The minimum atomic E-state index is -0.429. The lowest BCUT2D eigenvalue weighted by Crippen LogP contribution is -2.03. The van der Waals surface area contributed by atoms with E-state index in [2.05, 4.69) is 0 Å². The van der Waals surface area contributed by atoms with Crippen LogP contribution in [0, 0.1) is 12.7 Å². The Hall–Kier alpha value is -1.09. The first-order valence-electron chi connectivity index (χ1n) is 4.16. The third-order valence-electron chi connectivity index (χ3n) is 2.12. The van der Waals surface area contributed by atoms with Gasteiger partial charge in [0.05, 0.1) is 0 Å². The molecule has 1 aromatic carbocycles. The van der Waals surface area contributed by atoms with Gasteiger partial charge >= 0.3 is 0 Å². The van der Waals surface area contributed by atoms with Gasteiger partial charge in [0.1, 0.15) is 11.6 Å². The zero-order valence-corrected chi connectivity index (χ0v) is 7.71. The summed E-state index contributed by atoms with van der Waals surface area (Å²) in [5, 5.41) is 18.2. The van der Waals surface area contributed by atoms with Crippen molar-refractivity contribution in [2.24, 2.45) is 0 Å². The average Bonchev–Trinajstić information content (AvgIpc) is 2.12. The normalized spacial score (nSPS) is 12.9. The minimum Gasteiger partial charge on any atom is -0.508 e. The van der Waals surface area contributed by atoms with E-state index in [9.17, 15) is 9.50 Å². The Morgan fingerprint density at radius 3 is 2.62 bits per heavy atom. The van der Waals surface area contributed by atoms with Crippen molar-refractivity contribution < 1.29 is 14.6 Å². The second-order valence-corrected chi connectivity index (χ2v) is 3.21. The lowest BCUT2D eigenvalue weighted by molar-refractivity contribution is 0.267.